The first-order chi connectivity index (χ1) is 14.7. The number of fused-ring (bicyclic) bond motifs is 1. The van der Waals surface area contributed by atoms with Gasteiger partial charge in [-0.3, -0.25) is 0 Å². The van der Waals surface area contributed by atoms with Gasteiger partial charge < -0.3 is 15.6 Å². The summed E-state index contributed by atoms with van der Waals surface area (Å²) in [6.45, 7) is 12.3. The van der Waals surface area contributed by atoms with Crippen molar-refractivity contribution in [2.24, 2.45) is 0 Å². The van der Waals surface area contributed by atoms with E-state index in [2.05, 4.69) is 67.2 Å². The summed E-state index contributed by atoms with van der Waals surface area (Å²) in [5, 5.41) is 7.26. The number of aromatic nitrogens is 2. The van der Waals surface area contributed by atoms with Gasteiger partial charge in [-0.25, -0.2) is 9.37 Å². The lowest BCUT2D eigenvalue weighted by Crippen LogP contribution is -2.13. The second-order valence-electron chi connectivity index (χ2n) is 8.83. The number of hydrogen-bond donors (Lipinski definition) is 3. The maximum atomic E-state index is 14.1. The molecule has 0 unspecified atom stereocenters. The Bertz CT molecular complexity index is 1250. The second kappa shape index (κ2) is 7.91. The number of hydrogen-bond acceptors (Lipinski definition) is 3. The third-order valence-electron chi connectivity index (χ3n) is 5.20. The van der Waals surface area contributed by atoms with E-state index in [4.69, 9.17) is 4.98 Å². The Balaban J connectivity index is 1.56. The van der Waals surface area contributed by atoms with E-state index in [1.54, 1.807) is 6.07 Å². The Morgan fingerprint density at radius 3 is 2.42 bits per heavy atom. The zero-order valence-electron chi connectivity index (χ0n) is 18.3. The van der Waals surface area contributed by atoms with Crippen LogP contribution >= 0.6 is 0 Å². The van der Waals surface area contributed by atoms with Gasteiger partial charge in [-0.2, -0.15) is 0 Å². The van der Waals surface area contributed by atoms with Crippen LogP contribution in [0.15, 0.2) is 73.2 Å². The van der Waals surface area contributed by atoms with Crippen molar-refractivity contribution in [2.45, 2.75) is 33.1 Å². The average Bonchev–Trinajstić information content (AvgIpc) is 3.18. The third-order valence-corrected chi connectivity index (χ3v) is 5.20. The number of nitrogens with one attached hydrogen (secondary N) is 3. The summed E-state index contributed by atoms with van der Waals surface area (Å²) in [5.41, 5.74) is 6.25. The molecule has 5 heteroatoms. The van der Waals surface area contributed by atoms with Crippen LogP contribution in [0.5, 0.6) is 0 Å². The van der Waals surface area contributed by atoms with E-state index in [9.17, 15) is 4.39 Å². The minimum Gasteiger partial charge on any atom is -0.346 e. The highest BCUT2D eigenvalue weighted by Gasteiger charge is 2.19. The van der Waals surface area contributed by atoms with Crippen LogP contribution in [-0.4, -0.2) is 9.97 Å². The molecule has 2 aromatic carbocycles. The number of benzene rings is 2. The Morgan fingerprint density at radius 2 is 1.74 bits per heavy atom. The largest absolute Gasteiger partial charge is 0.346 e. The van der Waals surface area contributed by atoms with Gasteiger partial charge in [0, 0.05) is 28.4 Å². The van der Waals surface area contributed by atoms with Crippen LogP contribution in [0, 0.1) is 12.7 Å². The topological polar surface area (TPSA) is 52.7 Å². The lowest BCUT2D eigenvalue weighted by molar-refractivity contribution is 0.571. The molecule has 3 N–H and O–H groups in total. The maximum absolute atomic E-state index is 14.1. The number of halogens is 1. The van der Waals surface area contributed by atoms with Crippen molar-refractivity contribution in [2.75, 3.05) is 10.6 Å². The van der Waals surface area contributed by atoms with Crippen LogP contribution in [0.2, 0.25) is 0 Å². The summed E-state index contributed by atoms with van der Waals surface area (Å²) in [7, 11) is 0. The van der Waals surface area contributed by atoms with Crippen molar-refractivity contribution in [3.63, 3.8) is 0 Å². The average molecular weight is 415 g/mol. The SMILES string of the molecule is C=C(Nc1ccc(-c2cc(C(C)(C)C)nc3[nH]ccc23)cc1)Nc1ccc(C)cc1F. The Morgan fingerprint density at radius 1 is 1.00 bits per heavy atom. The highest BCUT2D eigenvalue weighted by molar-refractivity contribution is 5.93. The summed E-state index contributed by atoms with van der Waals surface area (Å²) in [6.07, 6.45) is 1.92. The zero-order chi connectivity index (χ0) is 22.2. The molecular weight excluding hydrogens is 387 g/mol. The van der Waals surface area contributed by atoms with Gasteiger partial charge in [0.2, 0.25) is 0 Å². The van der Waals surface area contributed by atoms with Crippen molar-refractivity contribution in [3.05, 3.63) is 90.3 Å². The van der Waals surface area contributed by atoms with E-state index >= 15 is 0 Å². The lowest BCUT2D eigenvalue weighted by atomic mass is 9.89. The fourth-order valence-corrected chi connectivity index (χ4v) is 3.48. The van der Waals surface area contributed by atoms with E-state index < -0.39 is 0 Å². The summed E-state index contributed by atoms with van der Waals surface area (Å²) in [5.74, 6) is 0.198. The molecule has 0 aliphatic heterocycles. The van der Waals surface area contributed by atoms with Crippen molar-refractivity contribution in [1.82, 2.24) is 9.97 Å². The first kappa shape index (κ1) is 20.7. The van der Waals surface area contributed by atoms with Crippen molar-refractivity contribution in [1.29, 1.82) is 0 Å². The van der Waals surface area contributed by atoms with Crippen molar-refractivity contribution >= 4 is 22.4 Å². The van der Waals surface area contributed by atoms with Crippen LogP contribution in [0.1, 0.15) is 32.0 Å². The van der Waals surface area contributed by atoms with Crippen molar-refractivity contribution in [3.8, 4) is 11.1 Å². The van der Waals surface area contributed by atoms with Gasteiger partial charge in [0.05, 0.1) is 5.69 Å². The maximum Gasteiger partial charge on any atom is 0.146 e. The molecule has 4 rings (SSSR count). The number of H-pyrrole nitrogens is 1. The van der Waals surface area contributed by atoms with Gasteiger partial charge in [-0.15, -0.1) is 0 Å². The first-order valence-corrected chi connectivity index (χ1v) is 10.3. The molecule has 0 fully saturated rings. The molecule has 2 heterocycles. The molecule has 0 saturated heterocycles. The minimum atomic E-state index is -0.304. The number of aryl methyl sites for hydroxylation is 1. The number of nitrogens with zero attached hydrogens (tertiary/aromatic N) is 1. The molecule has 0 bridgehead atoms. The molecule has 0 aliphatic rings. The van der Waals surface area contributed by atoms with Gasteiger partial charge in [0.25, 0.3) is 0 Å². The molecule has 0 spiro atoms. The summed E-state index contributed by atoms with van der Waals surface area (Å²) in [6, 6.07) is 17.4. The fourth-order valence-electron chi connectivity index (χ4n) is 3.48. The van der Waals surface area contributed by atoms with Crippen LogP contribution in [0.3, 0.4) is 0 Å². The predicted octanol–water partition coefficient (Wildman–Crippen LogP) is 6.97. The molecular formula is C26H27FN4. The van der Waals surface area contributed by atoms with Crippen molar-refractivity contribution < 1.29 is 4.39 Å². The highest BCUT2D eigenvalue weighted by Crippen LogP contribution is 2.33. The van der Waals surface area contributed by atoms with E-state index in [1.165, 1.54) is 6.07 Å². The van der Waals surface area contributed by atoms with Crippen LogP contribution in [0.4, 0.5) is 15.8 Å². The van der Waals surface area contributed by atoms with E-state index in [-0.39, 0.29) is 11.2 Å². The number of anilines is 2. The Hall–Kier alpha value is -3.60. The van der Waals surface area contributed by atoms with Gasteiger partial charge in [0.15, 0.2) is 0 Å². The minimum absolute atomic E-state index is 0.0514. The molecule has 0 saturated carbocycles. The second-order valence-corrected chi connectivity index (χ2v) is 8.83. The summed E-state index contributed by atoms with van der Waals surface area (Å²) < 4.78 is 14.1. The smallest absolute Gasteiger partial charge is 0.146 e. The molecule has 158 valence electrons. The van der Waals surface area contributed by atoms with E-state index in [0.717, 1.165) is 39.1 Å². The predicted molar refractivity (Wildman–Crippen MR) is 128 cm³/mol. The molecule has 0 amide bonds. The molecule has 4 nitrogen and oxygen atoms in total. The molecule has 0 aliphatic carbocycles. The van der Waals surface area contributed by atoms with Crippen LogP contribution in [-0.2, 0) is 5.41 Å². The Kier molecular flexibility index (Phi) is 5.27. The Labute approximate surface area is 182 Å². The highest BCUT2D eigenvalue weighted by atomic mass is 19.1. The van der Waals surface area contributed by atoms with Gasteiger partial charge in [-0.1, -0.05) is 45.5 Å². The van der Waals surface area contributed by atoms with Gasteiger partial charge in [0.1, 0.15) is 17.3 Å². The normalized spacial score (nSPS) is 11.5. The van der Waals surface area contributed by atoms with Gasteiger partial charge >= 0.3 is 0 Å². The van der Waals surface area contributed by atoms with Gasteiger partial charge in [-0.05, 0) is 60.0 Å². The fraction of sp³-hybridized carbons (Fsp3) is 0.192. The number of aromatic amines is 1. The summed E-state index contributed by atoms with van der Waals surface area (Å²) >= 11 is 0. The zero-order valence-corrected chi connectivity index (χ0v) is 18.3. The monoisotopic (exact) mass is 414 g/mol. The summed E-state index contributed by atoms with van der Waals surface area (Å²) in [4.78, 5) is 8.02. The third kappa shape index (κ3) is 4.45. The van der Waals surface area contributed by atoms with Crippen LogP contribution < -0.4 is 10.6 Å². The van der Waals surface area contributed by atoms with E-state index in [0.29, 0.717) is 11.5 Å². The van der Waals surface area contributed by atoms with E-state index in [1.807, 2.05) is 31.3 Å². The lowest BCUT2D eigenvalue weighted by Gasteiger charge is -2.19. The molecule has 4 aromatic rings. The molecule has 0 atom stereocenters. The quantitative estimate of drug-likeness (QED) is 0.330. The molecule has 0 radical (unpaired) electrons. The standard InChI is InChI=1S/C26H27FN4/c1-16-6-11-23(22(27)14-16)30-17(2)29-19-9-7-18(8-10-19)21-15-24(26(3,4)5)31-25-20(21)12-13-28-25/h6-15,29-30H,2H2,1,3-5H3,(H,28,31). The molecule has 2 aromatic heterocycles. The number of pyridine rings is 1. The van der Waals surface area contributed by atoms with Crippen LogP contribution in [0.25, 0.3) is 22.2 Å². The number of rotatable bonds is 5. The first-order valence-electron chi connectivity index (χ1n) is 10.3. The molecule has 31 heavy (non-hydrogen) atoms.